The monoisotopic (exact) mass is 150 g/mol. The number of carbonyl (C=O) groups excluding carboxylic acids is 1. The SMILES string of the molecule is O=C1C=C2C=CC=C2CS1. The lowest BCUT2D eigenvalue weighted by molar-refractivity contribution is -0.107. The third-order valence-corrected chi connectivity index (χ3v) is 2.44. The van der Waals surface area contributed by atoms with Gasteiger partial charge in [0.2, 0.25) is 5.12 Å². The molecule has 10 heavy (non-hydrogen) atoms. The highest BCUT2D eigenvalue weighted by Gasteiger charge is 2.15. The summed E-state index contributed by atoms with van der Waals surface area (Å²) in [5.41, 5.74) is 2.38. The second-order valence-corrected chi connectivity index (χ2v) is 3.24. The van der Waals surface area contributed by atoms with Gasteiger partial charge in [0.15, 0.2) is 0 Å². The summed E-state index contributed by atoms with van der Waals surface area (Å²) >= 11 is 1.37. The van der Waals surface area contributed by atoms with Crippen molar-refractivity contribution < 1.29 is 4.79 Å². The summed E-state index contributed by atoms with van der Waals surface area (Å²) in [6, 6.07) is 0. The number of allylic oxidation sites excluding steroid dienone is 4. The van der Waals surface area contributed by atoms with Crippen molar-refractivity contribution in [2.75, 3.05) is 5.75 Å². The Morgan fingerprint density at radius 3 is 3.30 bits per heavy atom. The van der Waals surface area contributed by atoms with Gasteiger partial charge in [0.1, 0.15) is 0 Å². The van der Waals surface area contributed by atoms with Crippen LogP contribution in [0.1, 0.15) is 0 Å². The van der Waals surface area contributed by atoms with Crippen molar-refractivity contribution in [3.05, 3.63) is 35.5 Å². The molecule has 0 saturated carbocycles. The maximum Gasteiger partial charge on any atom is 0.213 e. The highest BCUT2D eigenvalue weighted by molar-refractivity contribution is 8.14. The van der Waals surface area contributed by atoms with Crippen LogP contribution >= 0.6 is 11.8 Å². The molecule has 0 spiro atoms. The Bertz CT molecular complexity index is 271. The largest absolute Gasteiger partial charge is 0.282 e. The van der Waals surface area contributed by atoms with E-state index in [9.17, 15) is 4.79 Å². The van der Waals surface area contributed by atoms with Crippen LogP contribution < -0.4 is 0 Å². The van der Waals surface area contributed by atoms with Gasteiger partial charge in [0.25, 0.3) is 0 Å². The van der Waals surface area contributed by atoms with E-state index in [0.717, 1.165) is 11.3 Å². The van der Waals surface area contributed by atoms with E-state index in [-0.39, 0.29) is 5.12 Å². The molecule has 0 aromatic heterocycles. The van der Waals surface area contributed by atoms with Gasteiger partial charge < -0.3 is 0 Å². The van der Waals surface area contributed by atoms with Gasteiger partial charge in [-0.1, -0.05) is 30.0 Å². The van der Waals surface area contributed by atoms with Crippen molar-refractivity contribution in [1.82, 2.24) is 0 Å². The molecular weight excluding hydrogens is 144 g/mol. The van der Waals surface area contributed by atoms with E-state index in [4.69, 9.17) is 0 Å². The number of hydrogen-bond acceptors (Lipinski definition) is 2. The van der Waals surface area contributed by atoms with E-state index >= 15 is 0 Å². The molecule has 1 aliphatic heterocycles. The van der Waals surface area contributed by atoms with Crippen molar-refractivity contribution in [3.63, 3.8) is 0 Å². The van der Waals surface area contributed by atoms with Crippen LogP contribution in [0.2, 0.25) is 0 Å². The molecule has 0 fully saturated rings. The molecule has 2 heteroatoms. The molecule has 0 bridgehead atoms. The molecule has 2 aliphatic rings. The topological polar surface area (TPSA) is 17.1 Å². The van der Waals surface area contributed by atoms with Crippen LogP contribution in [0, 0.1) is 0 Å². The Morgan fingerprint density at radius 2 is 2.40 bits per heavy atom. The lowest BCUT2D eigenvalue weighted by Crippen LogP contribution is -2.00. The van der Waals surface area contributed by atoms with E-state index in [1.807, 2.05) is 12.2 Å². The van der Waals surface area contributed by atoms with Crippen molar-refractivity contribution in [3.8, 4) is 0 Å². The van der Waals surface area contributed by atoms with Gasteiger partial charge in [-0.3, -0.25) is 4.79 Å². The minimum atomic E-state index is 0.179. The maximum atomic E-state index is 10.8. The lowest BCUT2D eigenvalue weighted by atomic mass is 10.1. The molecular formula is C8H6OS. The highest BCUT2D eigenvalue weighted by Crippen LogP contribution is 2.28. The van der Waals surface area contributed by atoms with Gasteiger partial charge in [0.05, 0.1) is 0 Å². The fourth-order valence-electron chi connectivity index (χ4n) is 1.06. The van der Waals surface area contributed by atoms with E-state index in [1.165, 1.54) is 17.3 Å². The fourth-order valence-corrected chi connectivity index (χ4v) is 1.83. The van der Waals surface area contributed by atoms with Crippen molar-refractivity contribution in [2.24, 2.45) is 0 Å². The molecule has 2 rings (SSSR count). The van der Waals surface area contributed by atoms with E-state index in [0.29, 0.717) is 0 Å². The van der Waals surface area contributed by atoms with Gasteiger partial charge in [0, 0.05) is 5.75 Å². The maximum absolute atomic E-state index is 10.8. The average Bonchev–Trinajstić information content (AvgIpc) is 2.33. The van der Waals surface area contributed by atoms with Crippen LogP contribution in [-0.4, -0.2) is 10.9 Å². The Labute approximate surface area is 63.5 Å². The molecule has 1 nitrogen and oxygen atoms in total. The first-order valence-electron chi connectivity index (χ1n) is 3.12. The van der Waals surface area contributed by atoms with Gasteiger partial charge in [-0.2, -0.15) is 0 Å². The summed E-state index contributed by atoms with van der Waals surface area (Å²) in [5, 5.41) is 0.179. The van der Waals surface area contributed by atoms with Gasteiger partial charge in [-0.05, 0) is 17.2 Å². The summed E-state index contributed by atoms with van der Waals surface area (Å²) < 4.78 is 0. The molecule has 0 amide bonds. The van der Waals surface area contributed by atoms with Crippen LogP contribution in [0.4, 0.5) is 0 Å². The van der Waals surface area contributed by atoms with Gasteiger partial charge in [-0.25, -0.2) is 0 Å². The summed E-state index contributed by atoms with van der Waals surface area (Å²) in [7, 11) is 0. The Morgan fingerprint density at radius 1 is 1.50 bits per heavy atom. The highest BCUT2D eigenvalue weighted by atomic mass is 32.2. The van der Waals surface area contributed by atoms with Crippen LogP contribution in [0.15, 0.2) is 35.5 Å². The summed E-state index contributed by atoms with van der Waals surface area (Å²) in [6.07, 6.45) is 7.72. The van der Waals surface area contributed by atoms with Crippen molar-refractivity contribution in [1.29, 1.82) is 0 Å². The van der Waals surface area contributed by atoms with Crippen LogP contribution in [0.25, 0.3) is 0 Å². The second kappa shape index (κ2) is 2.13. The van der Waals surface area contributed by atoms with E-state index in [1.54, 1.807) is 6.08 Å². The molecule has 50 valence electrons. The first kappa shape index (κ1) is 5.98. The average molecular weight is 150 g/mol. The number of thioether (sulfide) groups is 1. The molecule has 0 atom stereocenters. The smallest absolute Gasteiger partial charge is 0.213 e. The van der Waals surface area contributed by atoms with Gasteiger partial charge in [-0.15, -0.1) is 0 Å². The molecule has 0 aromatic rings. The number of carbonyl (C=O) groups is 1. The first-order chi connectivity index (χ1) is 4.86. The lowest BCUT2D eigenvalue weighted by Gasteiger charge is -2.07. The van der Waals surface area contributed by atoms with Crippen LogP contribution in [0.5, 0.6) is 0 Å². The molecule has 1 heterocycles. The van der Waals surface area contributed by atoms with E-state index < -0.39 is 0 Å². The normalized spacial score (nSPS) is 22.2. The molecule has 0 unspecified atom stereocenters. The molecule has 1 aliphatic carbocycles. The molecule has 0 saturated heterocycles. The molecule has 0 radical (unpaired) electrons. The summed E-state index contributed by atoms with van der Waals surface area (Å²) in [4.78, 5) is 10.8. The predicted octanol–water partition coefficient (Wildman–Crippen LogP) is 1.68. The zero-order chi connectivity index (χ0) is 6.97. The molecule has 0 N–H and O–H groups in total. The summed E-state index contributed by atoms with van der Waals surface area (Å²) in [5.74, 6) is 0.845. The zero-order valence-corrected chi connectivity index (χ0v) is 6.15. The number of hydrogen-bond donors (Lipinski definition) is 0. The standard InChI is InChI=1S/C8H6OS/c9-8-4-6-2-1-3-7(6)5-10-8/h1-4H,5H2. The van der Waals surface area contributed by atoms with Crippen molar-refractivity contribution >= 4 is 16.9 Å². The minimum absolute atomic E-state index is 0.179. The Hall–Kier alpha value is -0.760. The van der Waals surface area contributed by atoms with Crippen molar-refractivity contribution in [2.45, 2.75) is 0 Å². The quantitative estimate of drug-likeness (QED) is 0.522. The van der Waals surface area contributed by atoms with Crippen LogP contribution in [0.3, 0.4) is 0 Å². The number of fused-ring (bicyclic) bond motifs is 1. The third kappa shape index (κ3) is 0.847. The number of rotatable bonds is 0. The van der Waals surface area contributed by atoms with Gasteiger partial charge >= 0.3 is 0 Å². The Kier molecular flexibility index (Phi) is 1.27. The predicted molar refractivity (Wildman–Crippen MR) is 42.8 cm³/mol. The first-order valence-corrected chi connectivity index (χ1v) is 4.11. The third-order valence-electron chi connectivity index (χ3n) is 1.59. The Balaban J connectivity index is 2.43. The molecule has 0 aromatic carbocycles. The van der Waals surface area contributed by atoms with E-state index in [2.05, 4.69) is 6.08 Å². The van der Waals surface area contributed by atoms with Crippen LogP contribution in [-0.2, 0) is 4.79 Å². The second-order valence-electron chi connectivity index (χ2n) is 2.26. The summed E-state index contributed by atoms with van der Waals surface area (Å²) in [6.45, 7) is 0. The minimum Gasteiger partial charge on any atom is -0.282 e. The fraction of sp³-hybridized carbons (Fsp3) is 0.125. The zero-order valence-electron chi connectivity index (χ0n) is 5.33.